The van der Waals surface area contributed by atoms with E-state index in [0.29, 0.717) is 10.7 Å². The molecule has 2 rings (SSSR count). The Bertz CT molecular complexity index is 893. The second kappa shape index (κ2) is 6.55. The summed E-state index contributed by atoms with van der Waals surface area (Å²) in [5.41, 5.74) is -0.707. The predicted octanol–water partition coefficient (Wildman–Crippen LogP) is 2.20. The lowest BCUT2D eigenvalue weighted by atomic mass is 10.2. The molecule has 2 aromatic rings. The number of aryl methyl sites for hydroxylation is 1. The molecule has 0 aliphatic heterocycles. The number of aromatic nitrogens is 3. The molecule has 0 spiro atoms. The number of nitrogens with zero attached hydrogens (tertiary/aromatic N) is 4. The van der Waals surface area contributed by atoms with Gasteiger partial charge in [-0.2, -0.15) is 31.3 Å². The summed E-state index contributed by atoms with van der Waals surface area (Å²) in [7, 11) is -1.98. The number of alkyl halides is 3. The van der Waals surface area contributed by atoms with Crippen molar-refractivity contribution < 1.29 is 35.2 Å². The van der Waals surface area contributed by atoms with Crippen molar-refractivity contribution >= 4 is 16.1 Å². The minimum absolute atomic E-state index is 0. The van der Waals surface area contributed by atoms with Crippen LogP contribution < -0.4 is 4.90 Å². The largest absolute Gasteiger partial charge is 0.453 e. The van der Waals surface area contributed by atoms with Gasteiger partial charge in [0.25, 0.3) is 15.9 Å². The fraction of sp³-hybridized carbons (Fsp3) is 0.333. The smallest absolute Gasteiger partial charge is 0.347 e. The van der Waals surface area contributed by atoms with Crippen molar-refractivity contribution in [3.8, 4) is 5.69 Å². The van der Waals surface area contributed by atoms with E-state index in [9.17, 15) is 26.0 Å². The van der Waals surface area contributed by atoms with Crippen LogP contribution in [0.2, 0.25) is 0 Å². The van der Waals surface area contributed by atoms with Crippen molar-refractivity contribution in [2.24, 2.45) is 0 Å². The van der Waals surface area contributed by atoms with Gasteiger partial charge in [-0.3, -0.25) is 9.26 Å². The van der Waals surface area contributed by atoms with Crippen molar-refractivity contribution in [1.82, 2.24) is 14.8 Å². The Balaban J connectivity index is 0.00000312. The van der Waals surface area contributed by atoms with E-state index in [1.165, 1.54) is 21.0 Å². The summed E-state index contributed by atoms with van der Waals surface area (Å²) in [5, 5.41) is 3.21. The summed E-state index contributed by atoms with van der Waals surface area (Å²) >= 11 is 0. The highest BCUT2D eigenvalue weighted by Crippen LogP contribution is 2.31. The van der Waals surface area contributed by atoms with E-state index in [2.05, 4.69) is 10.1 Å². The molecule has 7 nitrogen and oxygen atoms in total. The lowest BCUT2D eigenvalue weighted by Gasteiger charge is -2.14. The van der Waals surface area contributed by atoms with Gasteiger partial charge in [0.2, 0.25) is 5.95 Å². The Morgan fingerprint density at radius 1 is 1.24 bits per heavy atom. The average molecular weight is 388 g/mol. The van der Waals surface area contributed by atoms with Gasteiger partial charge >= 0.3 is 6.18 Å². The summed E-state index contributed by atoms with van der Waals surface area (Å²) in [6.07, 6.45) is -4.87. The molecule has 0 aliphatic rings. The van der Waals surface area contributed by atoms with Crippen molar-refractivity contribution in [1.29, 1.82) is 0 Å². The van der Waals surface area contributed by atoms with Crippen LogP contribution in [0.15, 0.2) is 17.0 Å². The Labute approximate surface area is 139 Å². The number of hydrogen-bond donors (Lipinski definition) is 1. The zero-order chi connectivity index (χ0) is 18.4. The molecular weight excluding hydrogens is 375 g/mol. The Kier molecular flexibility index (Phi) is 5.44. The molecule has 0 unspecified atom stereocenters. The molecule has 0 saturated carbocycles. The van der Waals surface area contributed by atoms with E-state index >= 15 is 0 Å². The zero-order valence-electron chi connectivity index (χ0n) is 13.0. The predicted molar refractivity (Wildman–Crippen MR) is 77.7 cm³/mol. The molecule has 25 heavy (non-hydrogen) atoms. The molecule has 0 fully saturated rings. The summed E-state index contributed by atoms with van der Waals surface area (Å²) in [5.74, 6) is -2.91. The first-order valence-electron chi connectivity index (χ1n) is 6.32. The van der Waals surface area contributed by atoms with Crippen molar-refractivity contribution in [2.45, 2.75) is 18.0 Å². The van der Waals surface area contributed by atoms with Gasteiger partial charge < -0.3 is 4.90 Å². The van der Waals surface area contributed by atoms with E-state index in [0.717, 1.165) is 11.0 Å². The highest BCUT2D eigenvalue weighted by molar-refractivity contribution is 7.85. The van der Waals surface area contributed by atoms with Gasteiger partial charge in [0.1, 0.15) is 11.5 Å². The SMILES string of the molecule is Cc1cc(F)c(-n2nc(C(F)(F)F)nc2N(C)C)cc1S(=O)(=O)O.F. The van der Waals surface area contributed by atoms with Gasteiger partial charge in [-0.1, -0.05) is 0 Å². The molecule has 1 N–H and O–H groups in total. The molecule has 1 aromatic heterocycles. The van der Waals surface area contributed by atoms with Gasteiger partial charge in [0, 0.05) is 14.1 Å². The first kappa shape index (κ1) is 20.8. The molecular formula is C12H13F5N4O3S. The number of hydrogen-bond acceptors (Lipinski definition) is 5. The summed E-state index contributed by atoms with van der Waals surface area (Å²) < 4.78 is 84.9. The molecule has 0 aliphatic carbocycles. The Hall–Kier alpha value is -2.28. The third kappa shape index (κ3) is 4.04. The Morgan fingerprint density at radius 2 is 1.80 bits per heavy atom. The molecule has 140 valence electrons. The topological polar surface area (TPSA) is 88.3 Å². The van der Waals surface area contributed by atoms with Crippen LogP contribution >= 0.6 is 0 Å². The van der Waals surface area contributed by atoms with Crippen LogP contribution in [0.25, 0.3) is 5.69 Å². The monoisotopic (exact) mass is 388 g/mol. The van der Waals surface area contributed by atoms with E-state index in [1.54, 1.807) is 0 Å². The Morgan fingerprint density at radius 3 is 2.24 bits per heavy atom. The summed E-state index contributed by atoms with van der Waals surface area (Å²) in [4.78, 5) is 3.79. The first-order chi connectivity index (χ1) is 10.8. The quantitative estimate of drug-likeness (QED) is 0.641. The maximum absolute atomic E-state index is 14.2. The lowest BCUT2D eigenvalue weighted by Crippen LogP contribution is -2.16. The fourth-order valence-electron chi connectivity index (χ4n) is 1.96. The minimum atomic E-state index is -4.87. The van der Waals surface area contributed by atoms with Crippen LogP contribution in [0, 0.1) is 12.7 Å². The summed E-state index contributed by atoms with van der Waals surface area (Å²) in [6, 6.07) is 1.47. The van der Waals surface area contributed by atoms with Gasteiger partial charge in [0.05, 0.1) is 4.90 Å². The highest BCUT2D eigenvalue weighted by Gasteiger charge is 2.38. The zero-order valence-corrected chi connectivity index (χ0v) is 13.9. The molecule has 1 heterocycles. The molecule has 0 amide bonds. The third-order valence-corrected chi connectivity index (χ3v) is 3.99. The van der Waals surface area contributed by atoms with Crippen molar-refractivity contribution in [3.63, 3.8) is 0 Å². The van der Waals surface area contributed by atoms with Crippen LogP contribution in [0.4, 0.5) is 28.2 Å². The van der Waals surface area contributed by atoms with Gasteiger partial charge in [-0.15, -0.1) is 5.10 Å². The van der Waals surface area contributed by atoms with E-state index < -0.39 is 38.5 Å². The molecule has 1 aromatic carbocycles. The van der Waals surface area contributed by atoms with Crippen LogP contribution in [0.5, 0.6) is 0 Å². The summed E-state index contributed by atoms with van der Waals surface area (Å²) in [6.45, 7) is 1.23. The fourth-order valence-corrected chi connectivity index (χ4v) is 2.68. The lowest BCUT2D eigenvalue weighted by molar-refractivity contribution is -0.144. The standard InChI is InChI=1S/C12H12F4N4O3S.FH/c1-6-4-7(13)8(5-9(6)24(21,22)23)20-11(19(2)3)17-10(18-20)12(14,15)16;/h4-5H,1-3H3,(H,21,22,23);1H. The molecule has 0 saturated heterocycles. The normalized spacial score (nSPS) is 12.0. The molecule has 13 heteroatoms. The van der Waals surface area contributed by atoms with Gasteiger partial charge in [-0.25, -0.2) is 4.39 Å². The number of rotatable bonds is 3. The molecule has 0 bridgehead atoms. The van der Waals surface area contributed by atoms with E-state index in [4.69, 9.17) is 4.55 Å². The highest BCUT2D eigenvalue weighted by atomic mass is 32.2. The first-order valence-corrected chi connectivity index (χ1v) is 7.76. The average Bonchev–Trinajstić information content (AvgIpc) is 2.81. The number of benzene rings is 1. The minimum Gasteiger partial charge on any atom is -0.347 e. The second-order valence-corrected chi connectivity index (χ2v) is 6.47. The maximum Gasteiger partial charge on any atom is 0.453 e. The van der Waals surface area contributed by atoms with E-state index in [1.807, 2.05) is 0 Å². The van der Waals surface area contributed by atoms with Gasteiger partial charge in [-0.05, 0) is 24.6 Å². The third-order valence-electron chi connectivity index (χ3n) is 2.99. The van der Waals surface area contributed by atoms with Crippen LogP contribution in [-0.2, 0) is 16.3 Å². The van der Waals surface area contributed by atoms with Gasteiger partial charge in [0.15, 0.2) is 0 Å². The van der Waals surface area contributed by atoms with Crippen LogP contribution in [0.1, 0.15) is 11.4 Å². The van der Waals surface area contributed by atoms with Crippen LogP contribution in [0.3, 0.4) is 0 Å². The van der Waals surface area contributed by atoms with Crippen molar-refractivity contribution in [3.05, 3.63) is 29.3 Å². The van der Waals surface area contributed by atoms with Crippen LogP contribution in [-0.4, -0.2) is 41.8 Å². The number of halogens is 5. The number of anilines is 1. The second-order valence-electron chi connectivity index (χ2n) is 5.08. The molecule has 0 atom stereocenters. The molecule has 0 radical (unpaired) electrons. The maximum atomic E-state index is 14.2. The van der Waals surface area contributed by atoms with E-state index in [-0.39, 0.29) is 16.2 Å². The van der Waals surface area contributed by atoms with Crippen molar-refractivity contribution in [2.75, 3.05) is 19.0 Å².